The van der Waals surface area contributed by atoms with Gasteiger partial charge in [-0.15, -0.1) is 0 Å². The van der Waals surface area contributed by atoms with Gasteiger partial charge in [0.15, 0.2) is 0 Å². The fourth-order valence-electron chi connectivity index (χ4n) is 4.48. The molecule has 34 heavy (non-hydrogen) atoms. The van der Waals surface area contributed by atoms with Gasteiger partial charge in [0.05, 0.1) is 19.3 Å². The van der Waals surface area contributed by atoms with Crippen LogP contribution in [0.25, 0.3) is 0 Å². The van der Waals surface area contributed by atoms with Gasteiger partial charge in [-0.2, -0.15) is 17.9 Å². The zero-order valence-electron chi connectivity index (χ0n) is 19.9. The minimum absolute atomic E-state index is 0.161. The highest BCUT2D eigenvalue weighted by Crippen LogP contribution is 2.39. The van der Waals surface area contributed by atoms with Gasteiger partial charge in [0.2, 0.25) is 0 Å². The summed E-state index contributed by atoms with van der Waals surface area (Å²) in [6.07, 6.45) is 2.84. The molecule has 2 aromatic rings. The Morgan fingerprint density at radius 3 is 2.41 bits per heavy atom. The zero-order chi connectivity index (χ0) is 24.4. The summed E-state index contributed by atoms with van der Waals surface area (Å²) in [4.78, 5) is 12.9. The van der Waals surface area contributed by atoms with E-state index in [2.05, 4.69) is 26.9 Å². The molecule has 0 unspecified atom stereocenters. The first kappa shape index (κ1) is 26.2. The molecule has 9 heteroatoms. The summed E-state index contributed by atoms with van der Waals surface area (Å²) in [6, 6.07) is 17.1. The van der Waals surface area contributed by atoms with E-state index in [1.807, 2.05) is 37.3 Å². The number of carbonyl (C=O) groups is 1. The van der Waals surface area contributed by atoms with Crippen molar-refractivity contribution in [2.75, 3.05) is 33.4 Å². The quantitative estimate of drug-likeness (QED) is 0.398. The van der Waals surface area contributed by atoms with Crippen molar-refractivity contribution in [1.29, 1.82) is 0 Å². The van der Waals surface area contributed by atoms with Crippen molar-refractivity contribution in [1.82, 2.24) is 14.8 Å². The van der Waals surface area contributed by atoms with Crippen molar-refractivity contribution in [2.45, 2.75) is 44.1 Å². The van der Waals surface area contributed by atoms with Gasteiger partial charge in [-0.05, 0) is 50.3 Å². The molecular formula is C25H35N3O5S. The summed E-state index contributed by atoms with van der Waals surface area (Å²) in [5.41, 5.74) is 1.36. The van der Waals surface area contributed by atoms with Crippen LogP contribution in [0.3, 0.4) is 0 Å². The predicted molar refractivity (Wildman–Crippen MR) is 132 cm³/mol. The smallest absolute Gasteiger partial charge is 0.277 e. The summed E-state index contributed by atoms with van der Waals surface area (Å²) in [5, 5.41) is 3.10. The van der Waals surface area contributed by atoms with E-state index in [0.29, 0.717) is 43.9 Å². The third-order valence-electron chi connectivity index (χ3n) is 6.33. The molecule has 0 atom stereocenters. The molecule has 3 N–H and O–H groups in total. The van der Waals surface area contributed by atoms with E-state index >= 15 is 0 Å². The number of amides is 1. The largest absolute Gasteiger partial charge is 0.496 e. The lowest BCUT2D eigenvalue weighted by atomic mass is 9.68. The molecule has 8 nitrogen and oxygen atoms in total. The van der Waals surface area contributed by atoms with Gasteiger partial charge in [-0.1, -0.05) is 42.5 Å². The van der Waals surface area contributed by atoms with Crippen LogP contribution in [-0.4, -0.2) is 53.8 Å². The molecule has 1 fully saturated rings. The van der Waals surface area contributed by atoms with Crippen LogP contribution in [-0.2, 0) is 20.4 Å². The van der Waals surface area contributed by atoms with E-state index in [4.69, 9.17) is 9.47 Å². The van der Waals surface area contributed by atoms with E-state index in [9.17, 15) is 13.2 Å². The average Bonchev–Trinajstić information content (AvgIpc) is 2.86. The van der Waals surface area contributed by atoms with Crippen LogP contribution in [0, 0.1) is 0 Å². The second kappa shape index (κ2) is 12.3. The molecule has 186 valence electrons. The lowest BCUT2D eigenvalue weighted by Crippen LogP contribution is -2.49. The first-order valence-electron chi connectivity index (χ1n) is 11.7. The summed E-state index contributed by atoms with van der Waals surface area (Å²) < 4.78 is 40.6. The molecule has 0 aliphatic heterocycles. The molecule has 1 amide bonds. The molecule has 0 heterocycles. The monoisotopic (exact) mass is 489 g/mol. The number of rotatable bonds is 12. The van der Waals surface area contributed by atoms with Crippen molar-refractivity contribution >= 4 is 16.1 Å². The van der Waals surface area contributed by atoms with Crippen LogP contribution in [0.5, 0.6) is 5.75 Å². The first-order valence-corrected chi connectivity index (χ1v) is 13.2. The third-order valence-corrected chi connectivity index (χ3v) is 7.56. The minimum atomic E-state index is -3.60. The molecule has 1 aliphatic rings. The molecule has 0 bridgehead atoms. The highest BCUT2D eigenvalue weighted by atomic mass is 32.2. The van der Waals surface area contributed by atoms with Crippen molar-refractivity contribution in [3.05, 3.63) is 65.7 Å². The normalized spacial score (nSPS) is 20.6. The van der Waals surface area contributed by atoms with Crippen LogP contribution >= 0.6 is 0 Å². The van der Waals surface area contributed by atoms with E-state index in [-0.39, 0.29) is 23.9 Å². The highest BCUT2D eigenvalue weighted by Gasteiger charge is 2.38. The molecule has 0 radical (unpaired) electrons. The van der Waals surface area contributed by atoms with Crippen LogP contribution in [0.15, 0.2) is 54.6 Å². The molecule has 0 spiro atoms. The summed E-state index contributed by atoms with van der Waals surface area (Å²) >= 11 is 0. The molecular weight excluding hydrogens is 454 g/mol. The Hall–Kier alpha value is -2.46. The number of nitrogens with one attached hydrogen (secondary N) is 3. The van der Waals surface area contributed by atoms with Crippen LogP contribution in [0.2, 0.25) is 0 Å². The minimum Gasteiger partial charge on any atom is -0.496 e. The zero-order valence-corrected chi connectivity index (χ0v) is 20.7. The number of ether oxygens (including phenoxy) is 2. The van der Waals surface area contributed by atoms with Gasteiger partial charge in [0.25, 0.3) is 16.1 Å². The SMILES string of the molecule is CCOCCNS(=O)(=O)NC1CCC(CNC(=O)c2ccccc2OC)(c2ccccc2)CC1. The van der Waals surface area contributed by atoms with Crippen molar-refractivity contribution < 1.29 is 22.7 Å². The summed E-state index contributed by atoms with van der Waals surface area (Å²) in [7, 11) is -2.05. The second-order valence-corrected chi connectivity index (χ2v) is 10.0. The maximum Gasteiger partial charge on any atom is 0.277 e. The lowest BCUT2D eigenvalue weighted by molar-refractivity contribution is 0.0932. The maximum atomic E-state index is 12.9. The van der Waals surface area contributed by atoms with Gasteiger partial charge >= 0.3 is 0 Å². The Morgan fingerprint density at radius 1 is 1.06 bits per heavy atom. The molecule has 0 saturated heterocycles. The van der Waals surface area contributed by atoms with Crippen molar-refractivity contribution in [3.8, 4) is 5.75 Å². The summed E-state index contributed by atoms with van der Waals surface area (Å²) in [6.45, 7) is 3.45. The van der Waals surface area contributed by atoms with E-state index in [1.165, 1.54) is 0 Å². The molecule has 1 aliphatic carbocycles. The number of hydrogen-bond acceptors (Lipinski definition) is 5. The molecule has 0 aromatic heterocycles. The Kier molecular flexibility index (Phi) is 9.46. The standard InChI is InChI=1S/C25H35N3O5S/c1-3-33-18-17-27-34(30,31)28-21-13-15-25(16-14-21,20-9-5-4-6-10-20)19-26-24(29)22-11-7-8-12-23(22)32-2/h4-12,21,27-28H,3,13-19H2,1-2H3,(H,26,29). The molecule has 1 saturated carbocycles. The topological polar surface area (TPSA) is 106 Å². The number of para-hydroxylation sites is 1. The average molecular weight is 490 g/mol. The molecule has 3 rings (SSSR count). The van der Waals surface area contributed by atoms with Gasteiger partial charge < -0.3 is 14.8 Å². The Labute approximate surface area is 202 Å². The van der Waals surface area contributed by atoms with Crippen LogP contribution in [0.1, 0.15) is 48.5 Å². The molecule has 2 aromatic carbocycles. The summed E-state index contributed by atoms with van der Waals surface area (Å²) in [5.74, 6) is 0.345. The van der Waals surface area contributed by atoms with E-state index in [1.54, 1.807) is 19.2 Å². The first-order chi connectivity index (χ1) is 16.4. The fourth-order valence-corrected chi connectivity index (χ4v) is 5.59. The van der Waals surface area contributed by atoms with Crippen LogP contribution in [0.4, 0.5) is 0 Å². The Balaban J connectivity index is 1.66. The number of benzene rings is 2. The van der Waals surface area contributed by atoms with E-state index < -0.39 is 10.2 Å². The Morgan fingerprint density at radius 2 is 1.74 bits per heavy atom. The van der Waals surface area contributed by atoms with Gasteiger partial charge in [0.1, 0.15) is 5.75 Å². The lowest BCUT2D eigenvalue weighted by Gasteiger charge is -2.41. The van der Waals surface area contributed by atoms with E-state index in [0.717, 1.165) is 18.4 Å². The van der Waals surface area contributed by atoms with Crippen LogP contribution < -0.4 is 19.5 Å². The fraction of sp³-hybridized carbons (Fsp3) is 0.480. The van der Waals surface area contributed by atoms with Gasteiger partial charge in [-0.25, -0.2) is 0 Å². The number of hydrogen-bond donors (Lipinski definition) is 3. The van der Waals surface area contributed by atoms with Crippen molar-refractivity contribution in [3.63, 3.8) is 0 Å². The highest BCUT2D eigenvalue weighted by molar-refractivity contribution is 7.87. The maximum absolute atomic E-state index is 12.9. The second-order valence-electron chi connectivity index (χ2n) is 8.52. The van der Waals surface area contributed by atoms with Gasteiger partial charge in [0, 0.05) is 31.2 Å². The van der Waals surface area contributed by atoms with Crippen molar-refractivity contribution in [2.24, 2.45) is 0 Å². The third kappa shape index (κ3) is 7.02. The number of methoxy groups -OCH3 is 1. The predicted octanol–water partition coefficient (Wildman–Crippen LogP) is 2.77. The Bertz CT molecular complexity index is 1020. The van der Waals surface area contributed by atoms with Gasteiger partial charge in [-0.3, -0.25) is 4.79 Å². The number of carbonyl (C=O) groups excluding carboxylic acids is 1.